The SMILES string of the molecule is CCCCCCCC/C=C\CCCCCCCC(=O)C(O)C(O)C(O)(C(=O)/C=C/c1ccc(O)c(OC)c1)C(=O)/C=C/c1ccc(O)c(OC)c1. The van der Waals surface area contributed by atoms with Gasteiger partial charge in [0.2, 0.25) is 5.60 Å². The number of phenolic OH excluding ortho intramolecular Hbond substituents is 2. The van der Waals surface area contributed by atoms with Crippen LogP contribution in [-0.4, -0.2) is 74.9 Å². The third-order valence-corrected chi connectivity index (χ3v) is 8.76. The number of hydrogen-bond acceptors (Lipinski definition) is 10. The molecule has 0 radical (unpaired) electrons. The summed E-state index contributed by atoms with van der Waals surface area (Å²) in [6.07, 6.45) is 17.7. The molecule has 10 heteroatoms. The summed E-state index contributed by atoms with van der Waals surface area (Å²) < 4.78 is 10.1. The minimum absolute atomic E-state index is 0.110. The Bertz CT molecular complexity index is 1400. The fourth-order valence-corrected chi connectivity index (χ4v) is 5.53. The number of ether oxygens (including phenoxy) is 2. The highest BCUT2D eigenvalue weighted by Crippen LogP contribution is 2.29. The van der Waals surface area contributed by atoms with E-state index in [2.05, 4.69) is 19.1 Å². The molecule has 0 saturated heterocycles. The molecule has 0 saturated carbocycles. The van der Waals surface area contributed by atoms with Gasteiger partial charge in [0.05, 0.1) is 14.2 Å². The van der Waals surface area contributed by atoms with Gasteiger partial charge in [0.1, 0.15) is 12.2 Å². The van der Waals surface area contributed by atoms with E-state index in [1.165, 1.54) is 101 Å². The minimum Gasteiger partial charge on any atom is -0.504 e. The van der Waals surface area contributed by atoms with Crippen LogP contribution >= 0.6 is 0 Å². The summed E-state index contributed by atoms with van der Waals surface area (Å²) in [7, 11) is 2.68. The molecular weight excluding hydrogens is 652 g/mol. The van der Waals surface area contributed by atoms with Crippen LogP contribution in [0.2, 0.25) is 0 Å². The zero-order valence-corrected chi connectivity index (χ0v) is 30.3. The van der Waals surface area contributed by atoms with Crippen molar-refractivity contribution in [2.24, 2.45) is 0 Å². The van der Waals surface area contributed by atoms with Crippen molar-refractivity contribution in [2.45, 2.75) is 115 Å². The summed E-state index contributed by atoms with van der Waals surface area (Å²) in [4.78, 5) is 39.8. The molecule has 10 nitrogen and oxygen atoms in total. The van der Waals surface area contributed by atoms with E-state index in [1.54, 1.807) is 0 Å². The smallest absolute Gasteiger partial charge is 0.218 e. The Kier molecular flexibility index (Phi) is 19.6. The van der Waals surface area contributed by atoms with Crippen molar-refractivity contribution in [1.82, 2.24) is 0 Å². The maximum atomic E-state index is 13.4. The number of carbonyl (C=O) groups is 3. The molecule has 0 aliphatic heterocycles. The molecule has 0 spiro atoms. The average molecular weight is 709 g/mol. The van der Waals surface area contributed by atoms with Gasteiger partial charge >= 0.3 is 0 Å². The van der Waals surface area contributed by atoms with E-state index in [4.69, 9.17) is 9.47 Å². The normalized spacial score (nSPS) is 13.2. The summed E-state index contributed by atoms with van der Waals surface area (Å²) >= 11 is 0. The predicted molar refractivity (Wildman–Crippen MR) is 199 cm³/mol. The second-order valence-corrected chi connectivity index (χ2v) is 12.7. The summed E-state index contributed by atoms with van der Waals surface area (Å²) in [6, 6.07) is 8.34. The van der Waals surface area contributed by atoms with Crippen LogP contribution in [-0.2, 0) is 14.4 Å². The first kappa shape index (κ1) is 42.9. The molecule has 0 aliphatic carbocycles. The number of aliphatic hydroxyl groups excluding tert-OH is 2. The first-order valence-corrected chi connectivity index (χ1v) is 17.9. The number of aromatic hydroxyl groups is 2. The van der Waals surface area contributed by atoms with Crippen LogP contribution in [0, 0.1) is 0 Å². The standard InChI is InChI=1S/C41H56O10/c1-4-5-6-7-8-9-10-11-12-13-14-15-16-17-18-19-34(44)39(47)40(48)41(49,37(45)26-22-30-20-24-32(42)35(28-30)50-2)38(46)27-23-31-21-25-33(43)36(29-31)51-3/h11-12,20-29,39-40,42-43,47-49H,4-10,13-19H2,1-3H3/b12-11-,26-22+,27-23+. The Morgan fingerprint density at radius 1 is 0.686 bits per heavy atom. The van der Waals surface area contributed by atoms with Crippen molar-refractivity contribution in [1.29, 1.82) is 0 Å². The second kappa shape index (κ2) is 23.3. The van der Waals surface area contributed by atoms with E-state index >= 15 is 0 Å². The molecule has 51 heavy (non-hydrogen) atoms. The average Bonchev–Trinajstić information content (AvgIpc) is 3.14. The Morgan fingerprint density at radius 2 is 1.12 bits per heavy atom. The van der Waals surface area contributed by atoms with Gasteiger partial charge in [-0.2, -0.15) is 0 Å². The molecule has 2 rings (SSSR count). The fourth-order valence-electron chi connectivity index (χ4n) is 5.53. The monoisotopic (exact) mass is 708 g/mol. The number of carbonyl (C=O) groups excluding carboxylic acids is 3. The topological polar surface area (TPSA) is 171 Å². The maximum absolute atomic E-state index is 13.4. The highest BCUT2D eigenvalue weighted by molar-refractivity contribution is 6.21. The van der Waals surface area contributed by atoms with Crippen LogP contribution in [0.15, 0.2) is 60.7 Å². The number of benzene rings is 2. The van der Waals surface area contributed by atoms with Crippen molar-refractivity contribution in [2.75, 3.05) is 14.2 Å². The Hall–Kier alpha value is -4.25. The molecule has 0 aromatic heterocycles. The van der Waals surface area contributed by atoms with Crippen molar-refractivity contribution in [3.8, 4) is 23.0 Å². The van der Waals surface area contributed by atoms with Gasteiger partial charge in [0.15, 0.2) is 40.3 Å². The van der Waals surface area contributed by atoms with Crippen molar-refractivity contribution < 1.29 is 49.4 Å². The first-order valence-electron chi connectivity index (χ1n) is 17.9. The van der Waals surface area contributed by atoms with Gasteiger partial charge in [-0.1, -0.05) is 94.7 Å². The number of methoxy groups -OCH3 is 2. The minimum atomic E-state index is -3.23. The summed E-state index contributed by atoms with van der Waals surface area (Å²) in [5.74, 6) is -3.45. The number of Topliss-reactive ketones (excluding diaryl/α,β-unsaturated/α-hetero) is 1. The lowest BCUT2D eigenvalue weighted by Gasteiger charge is -2.30. The predicted octanol–water partition coefficient (Wildman–Crippen LogP) is 7.04. The molecule has 2 unspecified atom stereocenters. The third-order valence-electron chi connectivity index (χ3n) is 8.76. The number of phenols is 2. The number of ketones is 3. The molecule has 0 fully saturated rings. The van der Waals surface area contributed by atoms with Gasteiger partial charge in [0.25, 0.3) is 0 Å². The Morgan fingerprint density at radius 3 is 1.57 bits per heavy atom. The Labute approximate surface area is 302 Å². The summed E-state index contributed by atoms with van der Waals surface area (Å²) in [6.45, 7) is 2.22. The molecule has 280 valence electrons. The van der Waals surface area contributed by atoms with Gasteiger partial charge in [-0.25, -0.2) is 0 Å². The lowest BCUT2D eigenvalue weighted by atomic mass is 9.81. The zero-order valence-electron chi connectivity index (χ0n) is 30.3. The van der Waals surface area contributed by atoms with E-state index in [9.17, 15) is 39.9 Å². The number of allylic oxidation sites excluding steroid dienone is 2. The van der Waals surface area contributed by atoms with Crippen LogP contribution < -0.4 is 9.47 Å². The molecule has 0 heterocycles. The zero-order chi connectivity index (χ0) is 37.6. The first-order chi connectivity index (χ1) is 24.5. The number of hydrogen-bond donors (Lipinski definition) is 5. The molecule has 2 aromatic carbocycles. The third kappa shape index (κ3) is 14.1. The molecule has 2 aromatic rings. The van der Waals surface area contributed by atoms with Crippen molar-refractivity contribution >= 4 is 29.5 Å². The van der Waals surface area contributed by atoms with E-state index in [0.29, 0.717) is 17.5 Å². The quantitative estimate of drug-likeness (QED) is 0.0296. The molecule has 5 N–H and O–H groups in total. The molecular formula is C41H56O10. The number of unbranched alkanes of at least 4 members (excludes halogenated alkanes) is 11. The van der Waals surface area contributed by atoms with Gasteiger partial charge < -0.3 is 35.0 Å². The highest BCUT2D eigenvalue weighted by atomic mass is 16.5. The molecule has 0 aliphatic rings. The van der Waals surface area contributed by atoms with Gasteiger partial charge in [-0.05, 0) is 79.6 Å². The molecule has 0 amide bonds. The molecule has 2 atom stereocenters. The van der Waals surface area contributed by atoms with Crippen LogP contribution in [0.3, 0.4) is 0 Å². The van der Waals surface area contributed by atoms with E-state index < -0.39 is 35.2 Å². The van der Waals surface area contributed by atoms with E-state index in [-0.39, 0.29) is 29.4 Å². The largest absolute Gasteiger partial charge is 0.504 e. The van der Waals surface area contributed by atoms with Crippen LogP contribution in [0.25, 0.3) is 12.2 Å². The van der Waals surface area contributed by atoms with Crippen LogP contribution in [0.4, 0.5) is 0 Å². The van der Waals surface area contributed by atoms with Gasteiger partial charge in [-0.15, -0.1) is 0 Å². The maximum Gasteiger partial charge on any atom is 0.218 e. The summed E-state index contributed by atoms with van der Waals surface area (Å²) in [5.41, 5.74) is -2.52. The van der Waals surface area contributed by atoms with Crippen molar-refractivity contribution in [3.05, 3.63) is 71.8 Å². The van der Waals surface area contributed by atoms with Gasteiger partial charge in [0, 0.05) is 6.42 Å². The van der Waals surface area contributed by atoms with Crippen LogP contribution in [0.5, 0.6) is 23.0 Å². The lowest BCUT2D eigenvalue weighted by molar-refractivity contribution is -0.169. The summed E-state index contributed by atoms with van der Waals surface area (Å²) in [5, 5.41) is 53.1. The Balaban J connectivity index is 2.03. The van der Waals surface area contributed by atoms with E-state index in [1.807, 2.05) is 0 Å². The number of aliphatic hydroxyl groups is 3. The van der Waals surface area contributed by atoms with Gasteiger partial charge in [-0.3, -0.25) is 14.4 Å². The number of rotatable bonds is 26. The van der Waals surface area contributed by atoms with E-state index in [0.717, 1.165) is 50.7 Å². The fraction of sp³-hybridized carbons (Fsp3) is 0.488. The van der Waals surface area contributed by atoms with Crippen LogP contribution in [0.1, 0.15) is 108 Å². The molecule has 0 bridgehead atoms. The van der Waals surface area contributed by atoms with Crippen molar-refractivity contribution in [3.63, 3.8) is 0 Å². The lowest BCUT2D eigenvalue weighted by Crippen LogP contribution is -2.60. The second-order valence-electron chi connectivity index (χ2n) is 12.7. The highest BCUT2D eigenvalue weighted by Gasteiger charge is 2.52.